The largest absolute Gasteiger partial charge is 0.207 e. The van der Waals surface area contributed by atoms with Crippen molar-refractivity contribution in [2.75, 3.05) is 0 Å². The van der Waals surface area contributed by atoms with E-state index in [2.05, 4.69) is 71.1 Å². The normalized spacial score (nSPS) is 14.5. The minimum atomic E-state index is -1.46. The summed E-state index contributed by atoms with van der Waals surface area (Å²) >= 11 is 0. The van der Waals surface area contributed by atoms with Crippen LogP contribution in [0, 0.1) is 5.82 Å². The molecule has 0 fully saturated rings. The number of hydrogen-bond donors (Lipinski definition) is 0. The summed E-state index contributed by atoms with van der Waals surface area (Å²) < 4.78 is 13.7. The van der Waals surface area contributed by atoms with E-state index in [1.54, 1.807) is 12.1 Å². The Labute approximate surface area is 127 Å². The third-order valence-electron chi connectivity index (χ3n) is 4.65. The summed E-state index contributed by atoms with van der Waals surface area (Å²) in [6.07, 6.45) is 0. The maximum absolute atomic E-state index is 13.4. The van der Waals surface area contributed by atoms with Crippen LogP contribution in [0.4, 0.5) is 4.39 Å². The second-order valence-electron chi connectivity index (χ2n) is 9.01. The molecule has 0 aliphatic heterocycles. The summed E-state index contributed by atoms with van der Waals surface area (Å²) in [6, 6.07) is 7.46. The lowest BCUT2D eigenvalue weighted by Gasteiger charge is -2.59. The molecule has 0 unspecified atom stereocenters. The molecule has 0 amide bonds. The topological polar surface area (TPSA) is 0 Å². The fraction of sp³-hybridized carbons (Fsp3) is 0.625. The summed E-state index contributed by atoms with van der Waals surface area (Å²) in [5, 5.41) is 0. The van der Waals surface area contributed by atoms with E-state index >= 15 is 0 Å². The van der Waals surface area contributed by atoms with Crippen LogP contribution in [-0.4, -0.2) is 24.2 Å². The molecule has 114 valence electrons. The van der Waals surface area contributed by atoms with Gasteiger partial charge in [0.1, 0.15) is 5.82 Å². The van der Waals surface area contributed by atoms with Gasteiger partial charge in [-0.3, -0.25) is 0 Å². The Balaban J connectivity index is 3.77. The molecule has 1 aromatic carbocycles. The van der Waals surface area contributed by atoms with Crippen molar-refractivity contribution in [2.45, 2.75) is 63.2 Å². The lowest BCUT2D eigenvalue weighted by Crippen LogP contribution is -2.74. The van der Waals surface area contributed by atoms with Crippen molar-refractivity contribution < 1.29 is 4.39 Å². The molecule has 0 saturated heterocycles. The Hall–Kier alpha value is -0.199. The first-order chi connectivity index (χ1) is 8.75. The highest BCUT2D eigenvalue weighted by atomic mass is 28.5. The molecule has 0 heterocycles. The van der Waals surface area contributed by atoms with Gasteiger partial charge in [0.05, 0.1) is 0 Å². The quantitative estimate of drug-likeness (QED) is 0.623. The second kappa shape index (κ2) is 5.21. The zero-order valence-electron chi connectivity index (χ0n) is 14.7. The lowest BCUT2D eigenvalue weighted by molar-refractivity contribution is 0.627. The van der Waals surface area contributed by atoms with Gasteiger partial charge in [-0.15, -0.1) is 0 Å². The Morgan fingerprint density at radius 2 is 0.950 bits per heavy atom. The standard InChI is InChI=1S/C16H31FSi3/c1-18(2,3)16(19(4,5)6,20(7,8)9)14-10-12-15(17)13-11-14/h10-13H,1-9H3. The highest BCUT2D eigenvalue weighted by molar-refractivity contribution is 7.14. The van der Waals surface area contributed by atoms with Gasteiger partial charge in [0, 0.05) is 24.2 Å². The summed E-state index contributed by atoms with van der Waals surface area (Å²) in [5.41, 5.74) is 1.41. The fourth-order valence-electron chi connectivity index (χ4n) is 5.37. The SMILES string of the molecule is C[Si](C)(C)C(c1ccc(F)cc1)([Si](C)(C)C)[Si](C)(C)C. The minimum Gasteiger partial charge on any atom is -0.207 e. The van der Waals surface area contributed by atoms with E-state index in [4.69, 9.17) is 0 Å². The Morgan fingerprint density at radius 1 is 0.650 bits per heavy atom. The van der Waals surface area contributed by atoms with Crippen LogP contribution in [-0.2, 0) is 4.28 Å². The fourth-order valence-corrected chi connectivity index (χ4v) is 35.5. The molecule has 0 aliphatic rings. The van der Waals surface area contributed by atoms with Crippen LogP contribution in [0.15, 0.2) is 24.3 Å². The first-order valence-corrected chi connectivity index (χ1v) is 18.0. The third-order valence-corrected chi connectivity index (χ3v) is 25.8. The van der Waals surface area contributed by atoms with Crippen molar-refractivity contribution in [1.82, 2.24) is 0 Å². The van der Waals surface area contributed by atoms with Gasteiger partial charge in [0.2, 0.25) is 0 Å². The molecule has 1 rings (SSSR count). The molecule has 0 nitrogen and oxygen atoms in total. The zero-order valence-corrected chi connectivity index (χ0v) is 17.7. The predicted octanol–water partition coefficient (Wildman–Crippen LogP) is 5.70. The molecule has 20 heavy (non-hydrogen) atoms. The number of halogens is 1. The van der Waals surface area contributed by atoms with Gasteiger partial charge in [-0.1, -0.05) is 71.1 Å². The average Bonchev–Trinajstić information content (AvgIpc) is 2.14. The molecular weight excluding hydrogens is 295 g/mol. The molecule has 0 atom stereocenters. The minimum absolute atomic E-state index is 0.121. The monoisotopic (exact) mass is 326 g/mol. The Bertz CT molecular complexity index is 422. The summed E-state index contributed by atoms with van der Waals surface area (Å²) in [6.45, 7) is 22.6. The van der Waals surface area contributed by atoms with Gasteiger partial charge in [-0.2, -0.15) is 0 Å². The molecule has 0 saturated carbocycles. The third kappa shape index (κ3) is 2.74. The lowest BCUT2D eigenvalue weighted by atomic mass is 10.2. The van der Waals surface area contributed by atoms with Gasteiger partial charge in [-0.05, 0) is 22.0 Å². The molecule has 4 heteroatoms. The van der Waals surface area contributed by atoms with E-state index in [-0.39, 0.29) is 5.82 Å². The first kappa shape index (κ1) is 17.9. The summed E-state index contributed by atoms with van der Waals surface area (Å²) in [5.74, 6) is -0.121. The van der Waals surface area contributed by atoms with E-state index in [1.807, 2.05) is 0 Å². The molecule has 0 radical (unpaired) electrons. The van der Waals surface area contributed by atoms with Crippen molar-refractivity contribution in [3.63, 3.8) is 0 Å². The molecular formula is C16H31FSi3. The van der Waals surface area contributed by atoms with Crippen LogP contribution in [0.3, 0.4) is 0 Å². The number of benzene rings is 1. The molecule has 0 spiro atoms. The van der Waals surface area contributed by atoms with E-state index < -0.39 is 24.2 Å². The Morgan fingerprint density at radius 3 is 1.20 bits per heavy atom. The van der Waals surface area contributed by atoms with Crippen LogP contribution in [0.2, 0.25) is 58.9 Å². The summed E-state index contributed by atoms with van der Waals surface area (Å²) in [7, 11) is -4.39. The van der Waals surface area contributed by atoms with Crippen LogP contribution < -0.4 is 0 Å². The predicted molar refractivity (Wildman–Crippen MR) is 98.1 cm³/mol. The van der Waals surface area contributed by atoms with Gasteiger partial charge in [-0.25, -0.2) is 4.39 Å². The van der Waals surface area contributed by atoms with Crippen LogP contribution in [0.25, 0.3) is 0 Å². The van der Waals surface area contributed by atoms with Crippen LogP contribution in [0.5, 0.6) is 0 Å². The molecule has 0 bridgehead atoms. The number of hydrogen-bond acceptors (Lipinski definition) is 0. The van der Waals surface area contributed by atoms with Crippen LogP contribution >= 0.6 is 0 Å². The van der Waals surface area contributed by atoms with Crippen molar-refractivity contribution >= 4 is 24.2 Å². The van der Waals surface area contributed by atoms with E-state index in [1.165, 1.54) is 5.56 Å². The van der Waals surface area contributed by atoms with E-state index in [0.717, 1.165) is 0 Å². The Kier molecular flexibility index (Phi) is 4.65. The van der Waals surface area contributed by atoms with Crippen molar-refractivity contribution in [2.24, 2.45) is 0 Å². The van der Waals surface area contributed by atoms with Gasteiger partial charge in [0.25, 0.3) is 0 Å². The highest BCUT2D eigenvalue weighted by Crippen LogP contribution is 2.49. The summed E-state index contributed by atoms with van der Waals surface area (Å²) in [4.78, 5) is 0. The molecule has 0 aliphatic carbocycles. The second-order valence-corrected chi connectivity index (χ2v) is 26.3. The average molecular weight is 327 g/mol. The molecule has 0 N–H and O–H groups in total. The maximum Gasteiger partial charge on any atom is 0.123 e. The zero-order chi connectivity index (χ0) is 16.0. The van der Waals surface area contributed by atoms with E-state index in [0.29, 0.717) is 4.28 Å². The van der Waals surface area contributed by atoms with Crippen molar-refractivity contribution in [1.29, 1.82) is 0 Å². The molecule has 0 aromatic heterocycles. The molecule has 1 aromatic rings. The van der Waals surface area contributed by atoms with Gasteiger partial charge >= 0.3 is 0 Å². The smallest absolute Gasteiger partial charge is 0.123 e. The maximum atomic E-state index is 13.4. The number of rotatable bonds is 4. The van der Waals surface area contributed by atoms with E-state index in [9.17, 15) is 4.39 Å². The highest BCUT2D eigenvalue weighted by Gasteiger charge is 2.60. The van der Waals surface area contributed by atoms with Gasteiger partial charge < -0.3 is 0 Å². The van der Waals surface area contributed by atoms with Gasteiger partial charge in [0.15, 0.2) is 0 Å². The first-order valence-electron chi connectivity index (χ1n) is 7.51. The van der Waals surface area contributed by atoms with Crippen molar-refractivity contribution in [3.05, 3.63) is 35.6 Å². The van der Waals surface area contributed by atoms with Crippen LogP contribution in [0.1, 0.15) is 5.56 Å². The van der Waals surface area contributed by atoms with Crippen molar-refractivity contribution in [3.8, 4) is 0 Å².